The molecule has 0 aromatic rings. The molecule has 3 heterocycles. The average Bonchev–Trinajstić information content (AvgIpc) is 0.965. The minimum Gasteiger partial charge on any atom is -0.756 e. The van der Waals surface area contributed by atoms with Crippen molar-refractivity contribution < 1.29 is 187 Å². The van der Waals surface area contributed by atoms with Crippen LogP contribution in [0.15, 0.2) is 0 Å². The van der Waals surface area contributed by atoms with Crippen molar-refractivity contribution in [2.75, 3.05) is 172 Å². The monoisotopic (exact) mass is 1720 g/mol. The molecule has 14 unspecified atom stereocenters. The Kier molecular flexibility index (Phi) is 56.1. The number of amides is 1. The topological polar surface area (TPSA) is 577 Å². The predicted molar refractivity (Wildman–Crippen MR) is 391 cm³/mol. The lowest BCUT2D eigenvalue weighted by atomic mass is 9.92. The largest absolute Gasteiger partial charge is 0.756 e. The summed E-state index contributed by atoms with van der Waals surface area (Å²) in [6.45, 7) is 5.86. The number of aliphatic hydroxyl groups is 10. The second-order valence-electron chi connectivity index (χ2n) is 28.8. The van der Waals surface area contributed by atoms with Crippen LogP contribution in [0.1, 0.15) is 151 Å². The lowest BCUT2D eigenvalue weighted by molar-refractivity contribution is -0.282. The van der Waals surface area contributed by atoms with Crippen molar-refractivity contribution in [3.8, 4) is 0 Å². The van der Waals surface area contributed by atoms with Gasteiger partial charge in [-0.25, -0.2) is 0 Å². The van der Waals surface area contributed by atoms with Crippen molar-refractivity contribution in [1.82, 2.24) is 5.32 Å². The molecule has 11 N–H and O–H groups in total. The lowest BCUT2D eigenvalue weighted by Crippen LogP contribution is -2.64. The van der Waals surface area contributed by atoms with Gasteiger partial charge in [0.05, 0.1) is 136 Å². The van der Waals surface area contributed by atoms with E-state index in [4.69, 9.17) is 93.0 Å². The minimum atomic E-state index is -5.16. The van der Waals surface area contributed by atoms with Crippen LogP contribution in [0.4, 0.5) is 0 Å². The number of hydrogen-bond acceptors (Lipinski definition) is 39. The average molecular weight is 1720 g/mol. The highest BCUT2D eigenvalue weighted by Crippen LogP contribution is 2.43. The Morgan fingerprint density at radius 2 is 0.690 bits per heavy atom. The Morgan fingerprint density at radius 3 is 1.03 bits per heavy atom. The molecule has 0 bridgehead atoms. The maximum absolute atomic E-state index is 13.5. The second-order valence-corrected chi connectivity index (χ2v) is 34.4. The number of rotatable bonds is 71. The number of aliphatic hydroxyl groups excluding tert-OH is 10. The van der Waals surface area contributed by atoms with Gasteiger partial charge in [-0.3, -0.25) is 23.1 Å². The van der Waals surface area contributed by atoms with Gasteiger partial charge in [0.15, 0.2) is 18.9 Å². The van der Waals surface area contributed by atoms with E-state index in [0.29, 0.717) is 96.2 Å². The van der Waals surface area contributed by atoms with Gasteiger partial charge in [0.25, 0.3) is 31.3 Å². The van der Waals surface area contributed by atoms with Gasteiger partial charge in [0, 0.05) is 84.1 Å². The van der Waals surface area contributed by atoms with Crippen LogP contribution in [-0.2, 0) is 116 Å². The van der Waals surface area contributed by atoms with Crippen molar-refractivity contribution in [3.63, 3.8) is 0 Å². The third kappa shape index (κ3) is 45.7. The van der Waals surface area contributed by atoms with Gasteiger partial charge in [-0.1, -0.05) is 66.2 Å². The van der Waals surface area contributed by atoms with Crippen LogP contribution in [0.5, 0.6) is 0 Å². The summed E-state index contributed by atoms with van der Waals surface area (Å²) in [7, 11) is -19.6. The van der Waals surface area contributed by atoms with Crippen LogP contribution in [0, 0.1) is 29.1 Å². The maximum Gasteiger partial charge on any atom is 0.267 e. The molecule has 1 amide bonds. The van der Waals surface area contributed by atoms with Gasteiger partial charge in [-0.15, -0.1) is 0 Å². The zero-order valence-corrected chi connectivity index (χ0v) is 70.0. The minimum absolute atomic E-state index is 0.0340. The highest BCUT2D eigenvalue weighted by atomic mass is 31.2. The molecule has 113 heavy (non-hydrogen) atoms. The first-order valence-corrected chi connectivity index (χ1v) is 45.1. The normalized spacial score (nSPS) is 27.6. The molecule has 22 atom stereocenters. The van der Waals surface area contributed by atoms with Gasteiger partial charge in [0.1, 0.15) is 48.8 Å². The van der Waals surface area contributed by atoms with E-state index in [9.17, 15) is 93.7 Å². The zero-order chi connectivity index (χ0) is 83.7. The Balaban J connectivity index is 1.61. The lowest BCUT2D eigenvalue weighted by Gasteiger charge is -2.42. The van der Waals surface area contributed by atoms with Crippen LogP contribution < -0.4 is 24.9 Å². The van der Waals surface area contributed by atoms with E-state index in [2.05, 4.69) is 19.2 Å². The highest BCUT2D eigenvalue weighted by molar-refractivity contribution is 7.46. The molecule has 0 aromatic heterocycles. The number of hydrogen-bond donors (Lipinski definition) is 11. The molecule has 3 fully saturated rings. The molecule has 0 radical (unpaired) electrons. The summed E-state index contributed by atoms with van der Waals surface area (Å²) in [6.07, 6.45) is -7.26. The number of ether oxygens (including phenoxy) is 12. The van der Waals surface area contributed by atoms with Gasteiger partial charge < -0.3 is 169 Å². The van der Waals surface area contributed by atoms with Gasteiger partial charge in [-0.2, -0.15) is 0 Å². The molecule has 3 saturated heterocycles. The Morgan fingerprint density at radius 1 is 0.389 bits per heavy atom. The van der Waals surface area contributed by atoms with Gasteiger partial charge in [0.2, 0.25) is 5.91 Å². The molecular formula is C69H133NO39P4-4. The quantitative estimate of drug-likeness (QED) is 0.0292. The SMILES string of the molecule is CC(=O)NC1[C@H](OCCCCCCOP(=O)([O-])OCCCOCC(COCCCOP(=O)([O-])OCCCCCCO[C@@H]2OC(CO)C(O)[C@H](O)C2C)(COCCCOP(=O)([O-])OCCCCCCO[C@@H]2OC(CO)[C@H](O)[C@H](O)C2C)COP(=O)([O-])OCCCOCC(CO)COCCCOC(C)C(C)C)OC(CO)[C@H](O)[C@@H]1O. The molecule has 40 nitrogen and oxygen atoms in total. The van der Waals surface area contributed by atoms with E-state index < -0.39 is 200 Å². The molecule has 0 aliphatic carbocycles. The summed E-state index contributed by atoms with van der Waals surface area (Å²) >= 11 is 0. The Bertz CT molecular complexity index is 2530. The Labute approximate surface area is 664 Å². The number of carbonyl (C=O) groups is 1. The molecule has 3 aliphatic rings. The van der Waals surface area contributed by atoms with Crippen molar-refractivity contribution in [2.45, 2.75) is 237 Å². The van der Waals surface area contributed by atoms with Gasteiger partial charge >= 0.3 is 0 Å². The molecule has 0 saturated carbocycles. The van der Waals surface area contributed by atoms with Crippen molar-refractivity contribution in [2.24, 2.45) is 29.1 Å². The van der Waals surface area contributed by atoms with E-state index in [1.54, 1.807) is 13.8 Å². The second kappa shape index (κ2) is 59.7. The highest BCUT2D eigenvalue weighted by Gasteiger charge is 2.47. The van der Waals surface area contributed by atoms with E-state index >= 15 is 0 Å². The van der Waals surface area contributed by atoms with Crippen LogP contribution in [0.3, 0.4) is 0 Å². The summed E-state index contributed by atoms with van der Waals surface area (Å²) in [6, 6.07) is -1.11. The zero-order valence-electron chi connectivity index (χ0n) is 66.4. The summed E-state index contributed by atoms with van der Waals surface area (Å²) in [4.78, 5) is 63.4. The number of nitrogens with one attached hydrogen (secondary N) is 1. The number of carbonyl (C=O) groups excluding carboxylic acids is 1. The third-order valence-electron chi connectivity index (χ3n) is 18.5. The van der Waals surface area contributed by atoms with Crippen molar-refractivity contribution in [1.29, 1.82) is 0 Å². The molecule has 3 aliphatic heterocycles. The number of unbranched alkanes of at least 4 members (excludes halogenated alkanes) is 9. The number of phosphoric acid groups is 4. The summed E-state index contributed by atoms with van der Waals surface area (Å²) in [5.41, 5.74) is -1.56. The summed E-state index contributed by atoms with van der Waals surface area (Å²) in [5, 5.41) is 102. The van der Waals surface area contributed by atoms with Crippen LogP contribution in [0.25, 0.3) is 0 Å². The fourth-order valence-electron chi connectivity index (χ4n) is 11.3. The summed E-state index contributed by atoms with van der Waals surface area (Å²) < 4.78 is 162. The molecule has 44 heteroatoms. The van der Waals surface area contributed by atoms with Crippen LogP contribution >= 0.6 is 31.3 Å². The first-order chi connectivity index (χ1) is 53.8. The molecular weight excluding hydrogens is 1590 g/mol. The molecule has 672 valence electrons. The number of phosphoric ester groups is 4. The van der Waals surface area contributed by atoms with Crippen molar-refractivity contribution in [3.05, 3.63) is 0 Å². The molecule has 3 rings (SSSR count). The fourth-order valence-corrected chi connectivity index (χ4v) is 14.5. The fraction of sp³-hybridized carbons (Fsp3) is 0.986. The first-order valence-electron chi connectivity index (χ1n) is 39.3. The standard InChI is InChI=1S/C69H137NO39P4/c1-50(2)53(5)95-32-19-24-90-44-55(40-71)45-91-25-20-36-105-113(88,89)106-49-69(46-92-26-21-37-102-110(82,83)99-33-16-10-7-13-29-96-66-51(3)60(76)62(78)56(41-72)107-66,47-93-27-22-38-103-111(84,85)100-34-17-11-8-14-30-97-67-52(4)61(77)63(79)57(42-73)108-67)48-94-28-23-39-104-112(86,87)101-35-18-12-9-15-31-98-68-59(70-54(6)75)65(81)64(80)58(43-74)109-68/h50-53,55-68,71-74,76-81H,7-49H2,1-6H3,(H,70,75)(H,82,83)(H,84,85)(H,86,87)(H,88,89)/p-4/t51?,52?,53?,55?,56?,57?,58?,59?,60-,61-,62+,63?,64+,65-,66-,67-,68-,69?/m1/s1. The van der Waals surface area contributed by atoms with E-state index in [1.165, 1.54) is 6.92 Å². The van der Waals surface area contributed by atoms with Crippen LogP contribution in [-0.4, -0.2) is 315 Å². The van der Waals surface area contributed by atoms with E-state index in [0.717, 1.165) is 0 Å². The molecule has 0 spiro atoms. The first kappa shape index (κ1) is 106. The van der Waals surface area contributed by atoms with Crippen molar-refractivity contribution >= 4 is 37.2 Å². The van der Waals surface area contributed by atoms with Gasteiger partial charge in [-0.05, 0) is 83.5 Å². The predicted octanol–water partition coefficient (Wildman–Crippen LogP) is 0.507. The third-order valence-corrected chi connectivity index (χ3v) is 22.5. The Hall–Kier alpha value is -0.970. The van der Waals surface area contributed by atoms with Crippen LogP contribution in [0.2, 0.25) is 0 Å². The smallest absolute Gasteiger partial charge is 0.267 e. The van der Waals surface area contributed by atoms with E-state index in [1.807, 2.05) is 6.92 Å². The maximum atomic E-state index is 13.5. The summed E-state index contributed by atoms with van der Waals surface area (Å²) in [5.74, 6) is -1.62. The molecule has 0 aromatic carbocycles. The van der Waals surface area contributed by atoms with E-state index in [-0.39, 0.29) is 137 Å².